The van der Waals surface area contributed by atoms with Gasteiger partial charge in [-0.2, -0.15) is 0 Å². The number of nitrogens with one attached hydrogen (secondary N) is 2. The second kappa shape index (κ2) is 8.03. The molecule has 4 rings (SSSR count). The SMILES string of the molecule is NCCCNc1cc(-c2ccc(N3CCNCC3)cc2)nc2ccsc12. The molecule has 2 aromatic heterocycles. The Balaban J connectivity index is 1.61. The fourth-order valence-electron chi connectivity index (χ4n) is 3.33. The van der Waals surface area contributed by atoms with Gasteiger partial charge in [-0.1, -0.05) is 12.1 Å². The average Bonchev–Trinajstić information content (AvgIpc) is 3.18. The minimum absolute atomic E-state index is 0.700. The predicted molar refractivity (Wildman–Crippen MR) is 112 cm³/mol. The van der Waals surface area contributed by atoms with Gasteiger partial charge < -0.3 is 21.3 Å². The molecule has 0 radical (unpaired) electrons. The van der Waals surface area contributed by atoms with E-state index in [0.717, 1.165) is 61.6 Å². The summed E-state index contributed by atoms with van der Waals surface area (Å²) in [5.74, 6) is 0. The Hall–Kier alpha value is -2.15. The van der Waals surface area contributed by atoms with E-state index in [4.69, 9.17) is 10.7 Å². The van der Waals surface area contributed by atoms with Crippen molar-refractivity contribution in [3.05, 3.63) is 41.8 Å². The smallest absolute Gasteiger partial charge is 0.0838 e. The number of aromatic nitrogens is 1. The summed E-state index contributed by atoms with van der Waals surface area (Å²) in [4.78, 5) is 7.28. The summed E-state index contributed by atoms with van der Waals surface area (Å²) >= 11 is 1.73. The van der Waals surface area contributed by atoms with Crippen LogP contribution >= 0.6 is 11.3 Å². The lowest BCUT2D eigenvalue weighted by Gasteiger charge is -2.29. The van der Waals surface area contributed by atoms with E-state index in [1.807, 2.05) is 0 Å². The van der Waals surface area contributed by atoms with E-state index in [2.05, 4.69) is 57.3 Å². The second-order valence-corrected chi connectivity index (χ2v) is 7.46. The Bertz CT molecular complexity index is 852. The topological polar surface area (TPSA) is 66.2 Å². The summed E-state index contributed by atoms with van der Waals surface area (Å²) in [6, 6.07) is 13.0. The molecule has 3 heterocycles. The monoisotopic (exact) mass is 367 g/mol. The highest BCUT2D eigenvalue weighted by Crippen LogP contribution is 2.32. The van der Waals surface area contributed by atoms with Crippen LogP contribution in [0.15, 0.2) is 41.8 Å². The van der Waals surface area contributed by atoms with Gasteiger partial charge in [0.15, 0.2) is 0 Å². The number of benzene rings is 1. The molecule has 1 saturated heterocycles. The molecule has 3 aromatic rings. The van der Waals surface area contributed by atoms with Gasteiger partial charge in [0.05, 0.1) is 21.6 Å². The van der Waals surface area contributed by atoms with Crippen LogP contribution in [0.25, 0.3) is 21.5 Å². The highest BCUT2D eigenvalue weighted by Gasteiger charge is 2.12. The Morgan fingerprint density at radius 1 is 1.15 bits per heavy atom. The lowest BCUT2D eigenvalue weighted by Crippen LogP contribution is -2.43. The third-order valence-corrected chi connectivity index (χ3v) is 5.69. The van der Waals surface area contributed by atoms with Gasteiger partial charge in [0.1, 0.15) is 0 Å². The summed E-state index contributed by atoms with van der Waals surface area (Å²) in [5.41, 5.74) is 11.3. The zero-order valence-corrected chi connectivity index (χ0v) is 15.7. The molecule has 0 spiro atoms. The van der Waals surface area contributed by atoms with Crippen LogP contribution < -0.4 is 21.3 Å². The Morgan fingerprint density at radius 3 is 2.73 bits per heavy atom. The van der Waals surface area contributed by atoms with Crippen molar-refractivity contribution < 1.29 is 0 Å². The van der Waals surface area contributed by atoms with Gasteiger partial charge in [0, 0.05) is 44.0 Å². The summed E-state index contributed by atoms with van der Waals surface area (Å²) in [6.45, 7) is 5.81. The van der Waals surface area contributed by atoms with Gasteiger partial charge in [0.25, 0.3) is 0 Å². The second-order valence-electron chi connectivity index (χ2n) is 6.54. The van der Waals surface area contributed by atoms with Crippen LogP contribution in [0.2, 0.25) is 0 Å². The van der Waals surface area contributed by atoms with Crippen molar-refractivity contribution in [2.45, 2.75) is 6.42 Å². The molecule has 1 aliphatic rings. The Kier molecular flexibility index (Phi) is 5.34. The first-order valence-electron chi connectivity index (χ1n) is 9.23. The van der Waals surface area contributed by atoms with Crippen LogP contribution in [0.1, 0.15) is 6.42 Å². The number of nitrogens with two attached hydrogens (primary N) is 1. The number of fused-ring (bicyclic) bond motifs is 1. The highest BCUT2D eigenvalue weighted by atomic mass is 32.1. The first-order valence-corrected chi connectivity index (χ1v) is 10.1. The van der Waals surface area contributed by atoms with Crippen molar-refractivity contribution in [3.8, 4) is 11.3 Å². The molecule has 5 nitrogen and oxygen atoms in total. The minimum Gasteiger partial charge on any atom is -0.384 e. The third-order valence-electron chi connectivity index (χ3n) is 4.75. The number of anilines is 2. The van der Waals surface area contributed by atoms with Crippen molar-refractivity contribution in [2.75, 3.05) is 49.5 Å². The van der Waals surface area contributed by atoms with Crippen molar-refractivity contribution in [1.29, 1.82) is 0 Å². The number of hydrogen-bond donors (Lipinski definition) is 3. The maximum atomic E-state index is 5.62. The van der Waals surface area contributed by atoms with E-state index in [0.29, 0.717) is 6.54 Å². The van der Waals surface area contributed by atoms with Crippen LogP contribution in [0.4, 0.5) is 11.4 Å². The molecule has 0 aliphatic carbocycles. The summed E-state index contributed by atoms with van der Waals surface area (Å²) in [7, 11) is 0. The number of rotatable bonds is 6. The molecular weight excluding hydrogens is 342 g/mol. The van der Waals surface area contributed by atoms with Gasteiger partial charge in [0.2, 0.25) is 0 Å². The number of nitrogens with zero attached hydrogens (tertiary/aromatic N) is 2. The first kappa shape index (κ1) is 17.3. The Labute approximate surface area is 158 Å². The molecule has 0 bridgehead atoms. The van der Waals surface area contributed by atoms with Crippen LogP contribution in [-0.4, -0.2) is 44.3 Å². The molecule has 1 aromatic carbocycles. The van der Waals surface area contributed by atoms with Crippen molar-refractivity contribution >= 4 is 32.9 Å². The lowest BCUT2D eigenvalue weighted by molar-refractivity contribution is 0.589. The molecule has 26 heavy (non-hydrogen) atoms. The van der Waals surface area contributed by atoms with E-state index in [1.165, 1.54) is 10.4 Å². The van der Waals surface area contributed by atoms with E-state index in [1.54, 1.807) is 11.3 Å². The van der Waals surface area contributed by atoms with Gasteiger partial charge in [-0.05, 0) is 42.6 Å². The molecular formula is C20H25N5S. The maximum absolute atomic E-state index is 5.62. The molecule has 0 unspecified atom stereocenters. The van der Waals surface area contributed by atoms with E-state index < -0.39 is 0 Å². The molecule has 136 valence electrons. The van der Waals surface area contributed by atoms with Gasteiger partial charge >= 0.3 is 0 Å². The number of thiophene rings is 1. The first-order chi connectivity index (χ1) is 12.8. The van der Waals surface area contributed by atoms with Crippen molar-refractivity contribution in [1.82, 2.24) is 10.3 Å². The van der Waals surface area contributed by atoms with Crippen LogP contribution in [0, 0.1) is 0 Å². The highest BCUT2D eigenvalue weighted by molar-refractivity contribution is 7.17. The third kappa shape index (κ3) is 3.67. The zero-order chi connectivity index (χ0) is 17.8. The number of piperazine rings is 1. The molecule has 0 atom stereocenters. The van der Waals surface area contributed by atoms with E-state index >= 15 is 0 Å². The fraction of sp³-hybridized carbons (Fsp3) is 0.350. The van der Waals surface area contributed by atoms with Gasteiger partial charge in [-0.25, -0.2) is 4.98 Å². The summed E-state index contributed by atoms with van der Waals surface area (Å²) in [5, 5.41) is 9.02. The lowest BCUT2D eigenvalue weighted by atomic mass is 10.1. The van der Waals surface area contributed by atoms with Crippen molar-refractivity contribution in [3.63, 3.8) is 0 Å². The number of hydrogen-bond acceptors (Lipinski definition) is 6. The summed E-state index contributed by atoms with van der Waals surface area (Å²) in [6.07, 6.45) is 0.962. The molecule has 1 fully saturated rings. The quantitative estimate of drug-likeness (QED) is 0.584. The largest absolute Gasteiger partial charge is 0.384 e. The van der Waals surface area contributed by atoms with E-state index in [9.17, 15) is 0 Å². The molecule has 4 N–H and O–H groups in total. The summed E-state index contributed by atoms with van der Waals surface area (Å²) < 4.78 is 1.21. The molecule has 0 amide bonds. The standard InChI is InChI=1S/C20H25N5S/c21-7-1-8-23-19-14-18(24-17-6-13-26-20(17)19)15-2-4-16(5-3-15)25-11-9-22-10-12-25/h2-6,13-14,22H,1,7-12,21H2,(H,23,24). The average molecular weight is 368 g/mol. The molecule has 1 aliphatic heterocycles. The predicted octanol–water partition coefficient (Wildman–Crippen LogP) is 3.13. The van der Waals surface area contributed by atoms with Gasteiger partial charge in [-0.15, -0.1) is 11.3 Å². The molecule has 6 heteroatoms. The maximum Gasteiger partial charge on any atom is 0.0838 e. The minimum atomic E-state index is 0.700. The normalized spacial score (nSPS) is 14.7. The van der Waals surface area contributed by atoms with Crippen LogP contribution in [0.3, 0.4) is 0 Å². The fourth-order valence-corrected chi connectivity index (χ4v) is 4.15. The van der Waals surface area contributed by atoms with Crippen LogP contribution in [0.5, 0.6) is 0 Å². The molecule has 0 saturated carbocycles. The van der Waals surface area contributed by atoms with Crippen LogP contribution in [-0.2, 0) is 0 Å². The van der Waals surface area contributed by atoms with Crippen molar-refractivity contribution in [2.24, 2.45) is 5.73 Å². The Morgan fingerprint density at radius 2 is 1.96 bits per heavy atom. The van der Waals surface area contributed by atoms with Gasteiger partial charge in [-0.3, -0.25) is 0 Å². The zero-order valence-electron chi connectivity index (χ0n) is 14.9. The van der Waals surface area contributed by atoms with E-state index in [-0.39, 0.29) is 0 Å². The number of pyridine rings is 1.